The molecule has 0 saturated carbocycles. The molecule has 0 radical (unpaired) electrons. The molecule has 4 heteroatoms. The van der Waals surface area contributed by atoms with Gasteiger partial charge in [-0.05, 0) is 31.2 Å². The Labute approximate surface area is 105 Å². The van der Waals surface area contributed by atoms with Crippen molar-refractivity contribution >= 4 is 28.8 Å². The number of nitrogens with two attached hydrogens (primary N) is 1. The lowest BCUT2D eigenvalue weighted by Gasteiger charge is -2.05. The van der Waals surface area contributed by atoms with Crippen LogP contribution in [0.2, 0.25) is 5.02 Å². The van der Waals surface area contributed by atoms with Gasteiger partial charge in [0.25, 0.3) is 0 Å². The molecular formula is C13H13ClN2O. The normalized spacial score (nSPS) is 11.1. The number of halogens is 1. The van der Waals surface area contributed by atoms with E-state index < -0.39 is 0 Å². The van der Waals surface area contributed by atoms with Gasteiger partial charge in [-0.25, -0.2) is 0 Å². The van der Waals surface area contributed by atoms with Crippen molar-refractivity contribution in [2.75, 3.05) is 5.73 Å². The zero-order chi connectivity index (χ0) is 13.0. The summed E-state index contributed by atoms with van der Waals surface area (Å²) in [5, 5.41) is 0.446. The highest BCUT2D eigenvalue weighted by Gasteiger charge is 2.14. The number of carbonyl (C=O) groups excluding carboxylic acids is 1. The molecule has 88 valence electrons. The van der Waals surface area contributed by atoms with Crippen LogP contribution in [-0.4, -0.2) is 11.5 Å². The Bertz CT molecular complexity index is 518. The van der Waals surface area contributed by atoms with Crippen LogP contribution >= 0.6 is 11.6 Å². The Morgan fingerprint density at radius 3 is 2.71 bits per heavy atom. The van der Waals surface area contributed by atoms with Gasteiger partial charge in [0.05, 0.1) is 0 Å². The van der Waals surface area contributed by atoms with Crippen molar-refractivity contribution in [2.45, 2.75) is 6.92 Å². The number of hydrogen-bond acceptors (Lipinski definition) is 3. The van der Waals surface area contributed by atoms with Gasteiger partial charge >= 0.3 is 0 Å². The van der Waals surface area contributed by atoms with Gasteiger partial charge in [0.15, 0.2) is 0 Å². The van der Waals surface area contributed by atoms with Crippen LogP contribution in [-0.2, 0) is 0 Å². The fraction of sp³-hybridized carbons (Fsp3) is 0.0769. The number of ketones is 1. The van der Waals surface area contributed by atoms with Crippen molar-refractivity contribution in [2.24, 2.45) is 4.99 Å². The van der Waals surface area contributed by atoms with E-state index in [9.17, 15) is 4.79 Å². The first-order valence-corrected chi connectivity index (χ1v) is 5.30. The van der Waals surface area contributed by atoms with Gasteiger partial charge < -0.3 is 5.73 Å². The Hall–Kier alpha value is -1.87. The molecule has 0 aliphatic carbocycles. The van der Waals surface area contributed by atoms with Gasteiger partial charge in [-0.1, -0.05) is 24.8 Å². The lowest BCUT2D eigenvalue weighted by Crippen LogP contribution is -2.14. The van der Waals surface area contributed by atoms with E-state index in [-0.39, 0.29) is 11.5 Å². The second kappa shape index (κ2) is 5.46. The molecule has 0 amide bonds. The maximum atomic E-state index is 12.1. The third-order valence-corrected chi connectivity index (χ3v) is 2.23. The van der Waals surface area contributed by atoms with E-state index in [0.29, 0.717) is 22.0 Å². The third kappa shape index (κ3) is 3.29. The number of allylic oxidation sites excluding steroid dienone is 2. The molecule has 1 aromatic rings. The molecule has 0 aromatic heterocycles. The van der Waals surface area contributed by atoms with E-state index in [0.717, 1.165) is 0 Å². The number of Topliss-reactive ketones (excluding diaryl/α,β-unsaturated/α-hetero) is 1. The zero-order valence-electron chi connectivity index (χ0n) is 9.53. The van der Waals surface area contributed by atoms with Gasteiger partial charge in [-0.15, -0.1) is 0 Å². The third-order valence-electron chi connectivity index (χ3n) is 2.00. The van der Waals surface area contributed by atoms with Gasteiger partial charge in [-0.2, -0.15) is 0 Å². The van der Waals surface area contributed by atoms with Crippen molar-refractivity contribution in [3.05, 3.63) is 53.7 Å². The zero-order valence-corrected chi connectivity index (χ0v) is 10.3. The lowest BCUT2D eigenvalue weighted by molar-refractivity contribution is 0.106. The van der Waals surface area contributed by atoms with Gasteiger partial charge in [0, 0.05) is 22.0 Å². The summed E-state index contributed by atoms with van der Waals surface area (Å²) in [7, 11) is 0. The first-order chi connectivity index (χ1) is 7.95. The largest absolute Gasteiger partial charge is 0.398 e. The second-order valence-electron chi connectivity index (χ2n) is 3.50. The Morgan fingerprint density at radius 1 is 1.53 bits per heavy atom. The van der Waals surface area contributed by atoms with Crippen molar-refractivity contribution in [3.63, 3.8) is 0 Å². The minimum Gasteiger partial charge on any atom is -0.398 e. The van der Waals surface area contributed by atoms with Crippen LogP contribution in [0, 0.1) is 0 Å². The molecule has 0 fully saturated rings. The molecule has 0 atom stereocenters. The molecule has 2 N–H and O–H groups in total. The minimum atomic E-state index is -0.317. The summed E-state index contributed by atoms with van der Waals surface area (Å²) >= 11 is 5.82. The van der Waals surface area contributed by atoms with E-state index in [4.69, 9.17) is 17.3 Å². The van der Waals surface area contributed by atoms with Crippen LogP contribution in [0.3, 0.4) is 0 Å². The quantitative estimate of drug-likeness (QED) is 0.505. The van der Waals surface area contributed by atoms with Crippen LogP contribution in [0.5, 0.6) is 0 Å². The summed E-state index contributed by atoms with van der Waals surface area (Å²) in [6.45, 7) is 8.85. The SMILES string of the molecule is C=CC(=NC(=C)C)C(=O)c1cc(Cl)ccc1N. The number of rotatable bonds is 4. The number of nitrogens with zero attached hydrogens (tertiary/aromatic N) is 1. The predicted molar refractivity (Wildman–Crippen MR) is 72.6 cm³/mol. The van der Waals surface area contributed by atoms with Gasteiger partial charge in [-0.3, -0.25) is 9.79 Å². The number of aliphatic imine (C=N–C) groups is 1. The monoisotopic (exact) mass is 248 g/mol. The summed E-state index contributed by atoms with van der Waals surface area (Å²) in [5.74, 6) is -0.317. The fourth-order valence-corrected chi connectivity index (χ4v) is 1.43. The summed E-state index contributed by atoms with van der Waals surface area (Å²) in [6.07, 6.45) is 1.37. The molecular weight excluding hydrogens is 236 g/mol. The number of anilines is 1. The van der Waals surface area contributed by atoms with Gasteiger partial charge in [0.1, 0.15) is 5.71 Å². The number of carbonyl (C=O) groups is 1. The van der Waals surface area contributed by atoms with Crippen LogP contribution in [0.15, 0.2) is 48.1 Å². The van der Waals surface area contributed by atoms with Crippen LogP contribution in [0.4, 0.5) is 5.69 Å². The van der Waals surface area contributed by atoms with Crippen LogP contribution in [0.25, 0.3) is 0 Å². The maximum absolute atomic E-state index is 12.1. The van der Waals surface area contributed by atoms with Crippen molar-refractivity contribution < 1.29 is 4.79 Å². The average molecular weight is 249 g/mol. The first-order valence-electron chi connectivity index (χ1n) is 4.92. The van der Waals surface area contributed by atoms with Crippen LogP contribution in [0.1, 0.15) is 17.3 Å². The first kappa shape index (κ1) is 13.2. The maximum Gasteiger partial charge on any atom is 0.213 e. The number of hydrogen-bond donors (Lipinski definition) is 1. The highest BCUT2D eigenvalue weighted by molar-refractivity contribution is 6.51. The lowest BCUT2D eigenvalue weighted by atomic mass is 10.0. The van der Waals surface area contributed by atoms with Gasteiger partial charge in [0.2, 0.25) is 5.78 Å². The molecule has 0 bridgehead atoms. The Balaban J connectivity index is 3.24. The van der Waals surface area contributed by atoms with Crippen molar-refractivity contribution in [3.8, 4) is 0 Å². The minimum absolute atomic E-state index is 0.200. The molecule has 1 aromatic carbocycles. The summed E-state index contributed by atoms with van der Waals surface area (Å²) in [5.41, 5.74) is 7.12. The topological polar surface area (TPSA) is 55.5 Å². The van der Waals surface area contributed by atoms with Crippen molar-refractivity contribution in [1.29, 1.82) is 0 Å². The molecule has 0 spiro atoms. The summed E-state index contributed by atoms with van der Waals surface area (Å²) in [4.78, 5) is 16.1. The van der Waals surface area contributed by atoms with E-state index >= 15 is 0 Å². The Kier molecular flexibility index (Phi) is 4.24. The standard InChI is InChI=1S/C13H13ClN2O/c1-4-12(16-8(2)3)13(17)10-7-9(14)5-6-11(10)15/h4-7H,1-2,15H2,3H3. The molecule has 3 nitrogen and oxygen atoms in total. The molecule has 0 saturated heterocycles. The smallest absolute Gasteiger partial charge is 0.213 e. The predicted octanol–water partition coefficient (Wildman–Crippen LogP) is 3.27. The van der Waals surface area contributed by atoms with E-state index in [2.05, 4.69) is 18.2 Å². The van der Waals surface area contributed by atoms with E-state index in [1.54, 1.807) is 19.1 Å². The molecule has 17 heavy (non-hydrogen) atoms. The van der Waals surface area contributed by atoms with E-state index in [1.165, 1.54) is 12.1 Å². The molecule has 0 aliphatic rings. The average Bonchev–Trinajstić information content (AvgIpc) is 2.28. The van der Waals surface area contributed by atoms with Crippen molar-refractivity contribution in [1.82, 2.24) is 0 Å². The van der Waals surface area contributed by atoms with Crippen LogP contribution < -0.4 is 5.73 Å². The molecule has 1 rings (SSSR count). The molecule has 0 heterocycles. The number of nitrogen functional groups attached to an aromatic ring is 1. The Morgan fingerprint density at radius 2 is 2.18 bits per heavy atom. The summed E-state index contributed by atoms with van der Waals surface area (Å²) in [6, 6.07) is 4.71. The summed E-state index contributed by atoms with van der Waals surface area (Å²) < 4.78 is 0. The van der Waals surface area contributed by atoms with E-state index in [1.807, 2.05) is 0 Å². The fourth-order valence-electron chi connectivity index (χ4n) is 1.26. The number of benzene rings is 1. The highest BCUT2D eigenvalue weighted by Crippen LogP contribution is 2.19. The molecule has 0 unspecified atom stereocenters. The molecule has 0 aliphatic heterocycles. The highest BCUT2D eigenvalue weighted by atomic mass is 35.5. The second-order valence-corrected chi connectivity index (χ2v) is 3.93.